The van der Waals surface area contributed by atoms with E-state index in [1.165, 1.54) is 0 Å². The molecular weight excluding hydrogens is 230 g/mol. The highest BCUT2D eigenvalue weighted by molar-refractivity contribution is 5.85. The molecule has 0 aliphatic heterocycles. The molecule has 0 saturated heterocycles. The zero-order valence-electron chi connectivity index (χ0n) is 9.38. The average Bonchev–Trinajstić information content (AvgIpc) is 2.71. The number of halogens is 1. The number of rotatable bonds is 1. The first-order chi connectivity index (χ1) is 7.12. The maximum absolute atomic E-state index is 9.83. The largest absolute Gasteiger partial charge is 0.396 e. The van der Waals surface area contributed by atoms with E-state index >= 15 is 0 Å². The Hall–Kier alpha value is 0.130. The van der Waals surface area contributed by atoms with Crippen LogP contribution in [0.25, 0.3) is 0 Å². The lowest BCUT2D eigenvalue weighted by molar-refractivity contribution is -0.109. The van der Waals surface area contributed by atoms with E-state index in [9.17, 15) is 15.3 Å². The van der Waals surface area contributed by atoms with Crippen LogP contribution in [0.3, 0.4) is 0 Å². The first kappa shape index (κ1) is 14.2. The maximum Gasteiger partial charge on any atom is 0.0955 e. The average molecular weight is 252 g/mol. The van der Waals surface area contributed by atoms with Crippen LogP contribution in [0.4, 0.5) is 0 Å². The Kier molecular flexibility index (Phi) is 4.60. The summed E-state index contributed by atoms with van der Waals surface area (Å²) in [5, 5.41) is 28.9. The molecule has 5 N–H and O–H groups in total. The van der Waals surface area contributed by atoms with Crippen molar-refractivity contribution < 1.29 is 15.3 Å². The zero-order chi connectivity index (χ0) is 11.1. The maximum atomic E-state index is 9.83. The Labute approximate surface area is 102 Å². The van der Waals surface area contributed by atoms with Crippen LogP contribution >= 0.6 is 12.4 Å². The minimum atomic E-state index is -0.828. The fraction of sp³-hybridized carbons (Fsp3) is 1.00. The second-order valence-corrected chi connectivity index (χ2v) is 5.14. The highest BCUT2D eigenvalue weighted by Gasteiger charge is 2.53. The SMILES string of the molecule is Cl.N[C@H]1[C@@H](O)[C@H](O)C[C@H](CO)C12CCCC2. The van der Waals surface area contributed by atoms with Gasteiger partial charge in [0.15, 0.2) is 0 Å². The third-order valence-corrected chi connectivity index (χ3v) is 4.52. The summed E-state index contributed by atoms with van der Waals surface area (Å²) in [6, 6.07) is -0.388. The van der Waals surface area contributed by atoms with E-state index in [-0.39, 0.29) is 36.4 Å². The Morgan fingerprint density at radius 3 is 2.25 bits per heavy atom. The van der Waals surface area contributed by atoms with Gasteiger partial charge in [0.1, 0.15) is 0 Å². The van der Waals surface area contributed by atoms with E-state index in [0.717, 1.165) is 25.7 Å². The first-order valence-corrected chi connectivity index (χ1v) is 5.84. The monoisotopic (exact) mass is 251 g/mol. The van der Waals surface area contributed by atoms with Gasteiger partial charge in [-0.2, -0.15) is 0 Å². The van der Waals surface area contributed by atoms with Gasteiger partial charge in [-0.1, -0.05) is 12.8 Å². The molecule has 1 spiro atoms. The number of nitrogens with two attached hydrogens (primary N) is 1. The van der Waals surface area contributed by atoms with E-state index in [1.807, 2.05) is 0 Å². The molecule has 4 atom stereocenters. The Balaban J connectivity index is 0.00000128. The molecule has 2 fully saturated rings. The van der Waals surface area contributed by atoms with Crippen molar-refractivity contribution in [1.82, 2.24) is 0 Å². The fourth-order valence-corrected chi connectivity index (χ4v) is 3.55. The second-order valence-electron chi connectivity index (χ2n) is 5.14. The van der Waals surface area contributed by atoms with Gasteiger partial charge in [-0.3, -0.25) is 0 Å². The van der Waals surface area contributed by atoms with Crippen molar-refractivity contribution in [2.24, 2.45) is 17.1 Å². The summed E-state index contributed by atoms with van der Waals surface area (Å²) in [6.45, 7) is 0.0669. The normalized spacial score (nSPS) is 42.0. The highest BCUT2D eigenvalue weighted by atomic mass is 35.5. The minimum absolute atomic E-state index is 0. The number of hydrogen-bond acceptors (Lipinski definition) is 4. The van der Waals surface area contributed by atoms with Crippen molar-refractivity contribution in [3.05, 3.63) is 0 Å². The number of aliphatic hydroxyl groups excluding tert-OH is 3. The van der Waals surface area contributed by atoms with Gasteiger partial charge in [-0.05, 0) is 30.6 Å². The van der Waals surface area contributed by atoms with Crippen molar-refractivity contribution in [2.45, 2.75) is 50.4 Å². The molecule has 96 valence electrons. The molecule has 0 unspecified atom stereocenters. The van der Waals surface area contributed by atoms with Crippen LogP contribution in [0.15, 0.2) is 0 Å². The van der Waals surface area contributed by atoms with E-state index < -0.39 is 12.2 Å². The number of hydrogen-bond donors (Lipinski definition) is 4. The standard InChI is InChI=1S/C11H21NO3.ClH/c12-10-9(15)8(14)5-7(6-13)11(10)3-1-2-4-11;/h7-10,13-15H,1-6,12H2;1H/t7-,8-,9+,10+;/m1./s1. The second kappa shape index (κ2) is 5.19. The number of aliphatic hydroxyl groups is 3. The molecule has 0 aromatic heterocycles. The first-order valence-electron chi connectivity index (χ1n) is 5.84. The molecule has 0 heterocycles. The van der Waals surface area contributed by atoms with Crippen LogP contribution in [-0.2, 0) is 0 Å². The Bertz CT molecular complexity index is 229. The highest BCUT2D eigenvalue weighted by Crippen LogP contribution is 2.51. The van der Waals surface area contributed by atoms with Gasteiger partial charge in [0.05, 0.1) is 12.2 Å². The van der Waals surface area contributed by atoms with Crippen molar-refractivity contribution in [3.8, 4) is 0 Å². The molecule has 5 heteroatoms. The van der Waals surface area contributed by atoms with Crippen LogP contribution in [0, 0.1) is 11.3 Å². The van der Waals surface area contributed by atoms with Crippen LogP contribution in [-0.4, -0.2) is 40.2 Å². The lowest BCUT2D eigenvalue weighted by Crippen LogP contribution is -2.61. The van der Waals surface area contributed by atoms with Crippen LogP contribution < -0.4 is 5.73 Å². The molecule has 0 amide bonds. The van der Waals surface area contributed by atoms with E-state index in [2.05, 4.69) is 0 Å². The summed E-state index contributed by atoms with van der Waals surface area (Å²) in [5.41, 5.74) is 5.92. The molecule has 2 aliphatic carbocycles. The van der Waals surface area contributed by atoms with Gasteiger partial charge in [0.2, 0.25) is 0 Å². The summed E-state index contributed by atoms with van der Waals surface area (Å²) >= 11 is 0. The molecule has 0 radical (unpaired) electrons. The Morgan fingerprint density at radius 2 is 1.75 bits per heavy atom. The molecule has 2 rings (SSSR count). The van der Waals surface area contributed by atoms with Gasteiger partial charge in [-0.15, -0.1) is 12.4 Å². The van der Waals surface area contributed by atoms with Gasteiger partial charge in [0, 0.05) is 12.6 Å². The lowest BCUT2D eigenvalue weighted by atomic mass is 9.61. The smallest absolute Gasteiger partial charge is 0.0955 e. The molecule has 2 aliphatic rings. The van der Waals surface area contributed by atoms with Crippen molar-refractivity contribution in [2.75, 3.05) is 6.61 Å². The summed E-state index contributed by atoms with van der Waals surface area (Å²) in [4.78, 5) is 0. The molecule has 16 heavy (non-hydrogen) atoms. The molecule has 4 nitrogen and oxygen atoms in total. The Morgan fingerprint density at radius 1 is 1.19 bits per heavy atom. The molecule has 0 aromatic carbocycles. The summed E-state index contributed by atoms with van der Waals surface area (Å²) in [5.74, 6) is 0.0494. The third-order valence-electron chi connectivity index (χ3n) is 4.52. The van der Waals surface area contributed by atoms with Gasteiger partial charge >= 0.3 is 0 Å². The molecular formula is C11H22ClNO3. The van der Waals surface area contributed by atoms with Crippen LogP contribution in [0.5, 0.6) is 0 Å². The van der Waals surface area contributed by atoms with Gasteiger partial charge in [0.25, 0.3) is 0 Å². The quantitative estimate of drug-likeness (QED) is 0.530. The topological polar surface area (TPSA) is 86.7 Å². The van der Waals surface area contributed by atoms with Crippen molar-refractivity contribution in [1.29, 1.82) is 0 Å². The summed E-state index contributed by atoms with van der Waals surface area (Å²) < 4.78 is 0. The predicted molar refractivity (Wildman–Crippen MR) is 63.3 cm³/mol. The lowest BCUT2D eigenvalue weighted by Gasteiger charge is -2.49. The summed E-state index contributed by atoms with van der Waals surface area (Å²) in [6.07, 6.45) is 3.06. The van der Waals surface area contributed by atoms with Crippen molar-refractivity contribution >= 4 is 12.4 Å². The molecule has 2 saturated carbocycles. The van der Waals surface area contributed by atoms with E-state index in [4.69, 9.17) is 5.73 Å². The van der Waals surface area contributed by atoms with Crippen LogP contribution in [0.2, 0.25) is 0 Å². The van der Waals surface area contributed by atoms with Crippen molar-refractivity contribution in [3.63, 3.8) is 0 Å². The zero-order valence-corrected chi connectivity index (χ0v) is 10.2. The molecule has 0 bridgehead atoms. The van der Waals surface area contributed by atoms with E-state index in [1.54, 1.807) is 0 Å². The van der Waals surface area contributed by atoms with Crippen LogP contribution in [0.1, 0.15) is 32.1 Å². The summed E-state index contributed by atoms with van der Waals surface area (Å²) in [7, 11) is 0. The van der Waals surface area contributed by atoms with E-state index in [0.29, 0.717) is 6.42 Å². The fourth-order valence-electron chi connectivity index (χ4n) is 3.55. The predicted octanol–water partition coefficient (Wildman–Crippen LogP) is 0.0299. The molecule has 0 aromatic rings. The minimum Gasteiger partial charge on any atom is -0.396 e. The van der Waals surface area contributed by atoms with Gasteiger partial charge < -0.3 is 21.1 Å². The van der Waals surface area contributed by atoms with Gasteiger partial charge in [-0.25, -0.2) is 0 Å². The third kappa shape index (κ3) is 1.97.